The van der Waals surface area contributed by atoms with E-state index in [-0.39, 0.29) is 5.91 Å². The third-order valence-corrected chi connectivity index (χ3v) is 4.43. The minimum atomic E-state index is 0.00858. The van der Waals surface area contributed by atoms with Crippen LogP contribution in [0, 0.1) is 0 Å². The number of nitrogens with one attached hydrogen (secondary N) is 1. The van der Waals surface area contributed by atoms with Crippen LogP contribution in [0.2, 0.25) is 0 Å². The van der Waals surface area contributed by atoms with Crippen LogP contribution in [0.4, 0.5) is 0 Å². The summed E-state index contributed by atoms with van der Waals surface area (Å²) in [4.78, 5) is 15.3. The second-order valence-corrected chi connectivity index (χ2v) is 6.23. The fraction of sp³-hybridized carbons (Fsp3) is 0.562. The van der Waals surface area contributed by atoms with Crippen LogP contribution in [-0.2, 0) is 4.79 Å². The summed E-state index contributed by atoms with van der Waals surface area (Å²) >= 11 is 1.64. The normalized spacial score (nSPS) is 17.2. The second-order valence-electron chi connectivity index (χ2n) is 5.25. The van der Waals surface area contributed by atoms with E-state index in [9.17, 15) is 4.79 Å². The van der Waals surface area contributed by atoms with Gasteiger partial charge in [0.15, 0.2) is 0 Å². The predicted octanol–water partition coefficient (Wildman–Crippen LogP) is 3.14. The van der Waals surface area contributed by atoms with Gasteiger partial charge in [0.05, 0.1) is 0 Å². The molecule has 1 aliphatic heterocycles. The van der Waals surface area contributed by atoms with Crippen LogP contribution in [-0.4, -0.2) is 37.0 Å². The van der Waals surface area contributed by atoms with E-state index in [1.165, 1.54) is 38.8 Å². The van der Waals surface area contributed by atoms with E-state index in [2.05, 4.69) is 10.2 Å². The van der Waals surface area contributed by atoms with E-state index in [1.807, 2.05) is 23.6 Å². The van der Waals surface area contributed by atoms with Gasteiger partial charge >= 0.3 is 0 Å². The van der Waals surface area contributed by atoms with Gasteiger partial charge in [0.2, 0.25) is 5.91 Å². The van der Waals surface area contributed by atoms with Crippen LogP contribution in [0.1, 0.15) is 37.0 Å². The molecule has 1 amide bonds. The van der Waals surface area contributed by atoms with E-state index in [4.69, 9.17) is 0 Å². The lowest BCUT2D eigenvalue weighted by atomic mass is 10.2. The summed E-state index contributed by atoms with van der Waals surface area (Å²) in [6, 6.07) is 4.00. The van der Waals surface area contributed by atoms with Gasteiger partial charge < -0.3 is 10.2 Å². The minimum absolute atomic E-state index is 0.00858. The number of rotatable bonds is 6. The molecule has 0 unspecified atom stereocenters. The maximum absolute atomic E-state index is 11.6. The average molecular weight is 292 g/mol. The van der Waals surface area contributed by atoms with Gasteiger partial charge in [-0.1, -0.05) is 18.9 Å². The smallest absolute Gasteiger partial charge is 0.244 e. The highest BCUT2D eigenvalue weighted by Crippen LogP contribution is 2.10. The van der Waals surface area contributed by atoms with E-state index in [0.29, 0.717) is 0 Å². The number of hydrogen-bond donors (Lipinski definition) is 1. The van der Waals surface area contributed by atoms with Crippen molar-refractivity contribution in [1.29, 1.82) is 0 Å². The standard InChI is InChI=1S/C16H24N2OS/c19-16(9-8-15-7-5-14-20-15)17-10-6-13-18-11-3-1-2-4-12-18/h5,7-9,14H,1-4,6,10-13H2,(H,17,19)/b9-8+. The maximum Gasteiger partial charge on any atom is 0.244 e. The van der Waals surface area contributed by atoms with Crippen LogP contribution in [0.5, 0.6) is 0 Å². The Labute approximate surface area is 125 Å². The topological polar surface area (TPSA) is 32.3 Å². The molecule has 2 rings (SSSR count). The molecule has 0 aliphatic carbocycles. The lowest BCUT2D eigenvalue weighted by Gasteiger charge is -2.19. The van der Waals surface area contributed by atoms with Gasteiger partial charge in [-0.05, 0) is 56.4 Å². The van der Waals surface area contributed by atoms with Gasteiger partial charge in [-0.2, -0.15) is 0 Å². The molecule has 20 heavy (non-hydrogen) atoms. The summed E-state index contributed by atoms with van der Waals surface area (Å²) in [5.41, 5.74) is 0. The van der Waals surface area contributed by atoms with Gasteiger partial charge in [0.1, 0.15) is 0 Å². The Balaban J connectivity index is 1.57. The first-order chi connectivity index (χ1) is 9.84. The Morgan fingerprint density at radius 3 is 2.80 bits per heavy atom. The molecule has 4 heteroatoms. The highest BCUT2D eigenvalue weighted by Gasteiger charge is 2.07. The van der Waals surface area contributed by atoms with Gasteiger partial charge in [0, 0.05) is 17.5 Å². The third kappa shape index (κ3) is 5.88. The fourth-order valence-corrected chi connectivity index (χ4v) is 3.09. The van der Waals surface area contributed by atoms with Crippen LogP contribution >= 0.6 is 11.3 Å². The predicted molar refractivity (Wildman–Crippen MR) is 85.9 cm³/mol. The zero-order valence-electron chi connectivity index (χ0n) is 12.0. The van der Waals surface area contributed by atoms with Crippen molar-refractivity contribution in [3.05, 3.63) is 28.5 Å². The van der Waals surface area contributed by atoms with Crippen molar-refractivity contribution in [3.63, 3.8) is 0 Å². The largest absolute Gasteiger partial charge is 0.353 e. The molecule has 110 valence electrons. The summed E-state index contributed by atoms with van der Waals surface area (Å²) in [6.45, 7) is 4.33. The molecule has 1 N–H and O–H groups in total. The summed E-state index contributed by atoms with van der Waals surface area (Å²) in [5.74, 6) is 0.00858. The fourth-order valence-electron chi connectivity index (χ4n) is 2.48. The summed E-state index contributed by atoms with van der Waals surface area (Å²) in [6.07, 6.45) is 9.94. The van der Waals surface area contributed by atoms with Crippen molar-refractivity contribution in [2.75, 3.05) is 26.2 Å². The molecule has 1 aromatic rings. The Hall–Kier alpha value is -1.13. The van der Waals surface area contributed by atoms with E-state index in [1.54, 1.807) is 17.4 Å². The van der Waals surface area contributed by atoms with Crippen LogP contribution in [0.3, 0.4) is 0 Å². The second kappa shape index (κ2) is 8.93. The van der Waals surface area contributed by atoms with Crippen molar-refractivity contribution in [2.24, 2.45) is 0 Å². The zero-order chi connectivity index (χ0) is 14.0. The van der Waals surface area contributed by atoms with Crippen LogP contribution in [0.25, 0.3) is 6.08 Å². The highest BCUT2D eigenvalue weighted by atomic mass is 32.1. The summed E-state index contributed by atoms with van der Waals surface area (Å²) in [5, 5.41) is 4.97. The molecule has 1 saturated heterocycles. The molecule has 3 nitrogen and oxygen atoms in total. The molecule has 2 heterocycles. The Morgan fingerprint density at radius 2 is 2.10 bits per heavy atom. The SMILES string of the molecule is O=C(/C=C/c1cccs1)NCCCN1CCCCCC1. The Kier molecular flexibility index (Phi) is 6.81. The first kappa shape index (κ1) is 15.3. The van der Waals surface area contributed by atoms with Crippen LogP contribution < -0.4 is 5.32 Å². The van der Waals surface area contributed by atoms with Crippen molar-refractivity contribution in [2.45, 2.75) is 32.1 Å². The average Bonchev–Trinajstić information content (AvgIpc) is 2.84. The molecule has 0 saturated carbocycles. The van der Waals surface area contributed by atoms with Gasteiger partial charge in [-0.25, -0.2) is 0 Å². The molecule has 0 atom stereocenters. The monoisotopic (exact) mass is 292 g/mol. The van der Waals surface area contributed by atoms with Crippen molar-refractivity contribution >= 4 is 23.3 Å². The molecule has 1 fully saturated rings. The molecule has 1 aliphatic rings. The van der Waals surface area contributed by atoms with Crippen molar-refractivity contribution in [1.82, 2.24) is 10.2 Å². The number of thiophene rings is 1. The lowest BCUT2D eigenvalue weighted by molar-refractivity contribution is -0.116. The highest BCUT2D eigenvalue weighted by molar-refractivity contribution is 7.10. The number of carbonyl (C=O) groups is 1. The Morgan fingerprint density at radius 1 is 1.30 bits per heavy atom. The third-order valence-electron chi connectivity index (χ3n) is 3.59. The number of likely N-dealkylation sites (tertiary alicyclic amines) is 1. The Bertz CT molecular complexity index is 406. The van der Waals surface area contributed by atoms with Crippen molar-refractivity contribution in [3.8, 4) is 0 Å². The zero-order valence-corrected chi connectivity index (χ0v) is 12.8. The molecule has 0 radical (unpaired) electrons. The number of amides is 1. The van der Waals surface area contributed by atoms with E-state index in [0.717, 1.165) is 24.4 Å². The van der Waals surface area contributed by atoms with E-state index >= 15 is 0 Å². The van der Waals surface area contributed by atoms with Gasteiger partial charge in [0.25, 0.3) is 0 Å². The van der Waals surface area contributed by atoms with Crippen molar-refractivity contribution < 1.29 is 4.79 Å². The minimum Gasteiger partial charge on any atom is -0.353 e. The van der Waals surface area contributed by atoms with Gasteiger partial charge in [-0.3, -0.25) is 4.79 Å². The first-order valence-electron chi connectivity index (χ1n) is 7.56. The lowest BCUT2D eigenvalue weighted by Crippen LogP contribution is -2.29. The molecule has 1 aromatic heterocycles. The molecular formula is C16H24N2OS. The number of hydrogen-bond acceptors (Lipinski definition) is 3. The molecule has 0 bridgehead atoms. The summed E-state index contributed by atoms with van der Waals surface area (Å²) < 4.78 is 0. The van der Waals surface area contributed by atoms with Crippen LogP contribution in [0.15, 0.2) is 23.6 Å². The quantitative estimate of drug-likeness (QED) is 0.645. The number of carbonyl (C=O) groups excluding carboxylic acids is 1. The molecule has 0 aromatic carbocycles. The molecular weight excluding hydrogens is 268 g/mol. The maximum atomic E-state index is 11.6. The number of nitrogens with zero attached hydrogens (tertiary/aromatic N) is 1. The first-order valence-corrected chi connectivity index (χ1v) is 8.44. The molecule has 0 spiro atoms. The van der Waals surface area contributed by atoms with E-state index < -0.39 is 0 Å². The summed E-state index contributed by atoms with van der Waals surface area (Å²) in [7, 11) is 0. The van der Waals surface area contributed by atoms with Gasteiger partial charge in [-0.15, -0.1) is 11.3 Å².